The minimum atomic E-state index is -0.332. The average Bonchev–Trinajstić information content (AvgIpc) is 2.85. The van der Waals surface area contributed by atoms with Crippen molar-refractivity contribution in [1.29, 1.82) is 0 Å². The topological polar surface area (TPSA) is 83.5 Å². The SMILES string of the molecule is COc1ccc(F)cc1-c1ccc(CN2CCc3nc(C4=NCCCC4)[nH]c(=O)c3C2)cn1. The van der Waals surface area contributed by atoms with E-state index >= 15 is 0 Å². The summed E-state index contributed by atoms with van der Waals surface area (Å²) in [6.07, 6.45) is 5.58. The van der Waals surface area contributed by atoms with E-state index in [1.165, 1.54) is 12.1 Å². The van der Waals surface area contributed by atoms with E-state index in [0.29, 0.717) is 35.9 Å². The lowest BCUT2D eigenvalue weighted by atomic mass is 10.0. The zero-order valence-corrected chi connectivity index (χ0v) is 18.6. The van der Waals surface area contributed by atoms with Gasteiger partial charge in [0.05, 0.1) is 29.8 Å². The largest absolute Gasteiger partial charge is 0.496 e. The van der Waals surface area contributed by atoms with Gasteiger partial charge >= 0.3 is 0 Å². The Hall–Kier alpha value is -3.39. The first kappa shape index (κ1) is 21.5. The van der Waals surface area contributed by atoms with Gasteiger partial charge in [-0.15, -0.1) is 0 Å². The maximum atomic E-state index is 13.7. The van der Waals surface area contributed by atoms with E-state index in [9.17, 15) is 9.18 Å². The third-order valence-electron chi connectivity index (χ3n) is 6.21. The zero-order valence-electron chi connectivity index (χ0n) is 18.6. The predicted molar refractivity (Wildman–Crippen MR) is 124 cm³/mol. The summed E-state index contributed by atoms with van der Waals surface area (Å²) in [5.41, 5.74) is 4.75. The van der Waals surface area contributed by atoms with Crippen LogP contribution in [0.25, 0.3) is 11.3 Å². The Kier molecular flexibility index (Phi) is 6.00. The molecule has 5 rings (SSSR count). The molecule has 3 aromatic rings. The van der Waals surface area contributed by atoms with Crippen LogP contribution in [0.2, 0.25) is 0 Å². The summed E-state index contributed by atoms with van der Waals surface area (Å²) in [4.78, 5) is 31.8. The first-order valence-electron chi connectivity index (χ1n) is 11.3. The Morgan fingerprint density at radius 2 is 2.09 bits per heavy atom. The van der Waals surface area contributed by atoms with Crippen LogP contribution in [-0.4, -0.2) is 45.8 Å². The second kappa shape index (κ2) is 9.23. The molecule has 0 amide bonds. The monoisotopic (exact) mass is 447 g/mol. The number of fused-ring (bicyclic) bond motifs is 1. The second-order valence-corrected chi connectivity index (χ2v) is 8.48. The molecular weight excluding hydrogens is 421 g/mol. The number of hydrogen-bond acceptors (Lipinski definition) is 6. The number of aromatic amines is 1. The van der Waals surface area contributed by atoms with Crippen LogP contribution in [0.4, 0.5) is 4.39 Å². The van der Waals surface area contributed by atoms with Crippen LogP contribution < -0.4 is 10.3 Å². The lowest BCUT2D eigenvalue weighted by Crippen LogP contribution is -2.36. The molecule has 0 spiro atoms. The number of nitrogens with zero attached hydrogens (tertiary/aromatic N) is 4. The van der Waals surface area contributed by atoms with Crippen molar-refractivity contribution in [3.8, 4) is 17.0 Å². The first-order valence-corrected chi connectivity index (χ1v) is 11.3. The molecule has 0 atom stereocenters. The summed E-state index contributed by atoms with van der Waals surface area (Å²) in [7, 11) is 1.56. The van der Waals surface area contributed by atoms with E-state index in [4.69, 9.17) is 9.72 Å². The molecule has 1 N–H and O–H groups in total. The summed E-state index contributed by atoms with van der Waals surface area (Å²) in [6.45, 7) is 2.84. The van der Waals surface area contributed by atoms with Crippen LogP contribution in [0.3, 0.4) is 0 Å². The molecule has 0 bridgehead atoms. The van der Waals surface area contributed by atoms with E-state index in [1.807, 2.05) is 12.1 Å². The predicted octanol–water partition coefficient (Wildman–Crippen LogP) is 3.51. The molecule has 0 saturated carbocycles. The van der Waals surface area contributed by atoms with E-state index < -0.39 is 0 Å². The average molecular weight is 448 g/mol. The number of halogens is 1. The first-order chi connectivity index (χ1) is 16.1. The van der Waals surface area contributed by atoms with E-state index in [1.54, 1.807) is 19.4 Å². The van der Waals surface area contributed by atoms with Gasteiger partial charge in [-0.3, -0.25) is 19.7 Å². The minimum absolute atomic E-state index is 0.0698. The normalized spacial score (nSPS) is 16.2. The third kappa shape index (κ3) is 4.57. The summed E-state index contributed by atoms with van der Waals surface area (Å²) < 4.78 is 19.0. The number of aromatic nitrogens is 3. The molecule has 170 valence electrons. The highest BCUT2D eigenvalue weighted by Crippen LogP contribution is 2.29. The van der Waals surface area contributed by atoms with Gasteiger partial charge in [0, 0.05) is 44.4 Å². The van der Waals surface area contributed by atoms with Crippen LogP contribution in [0.5, 0.6) is 5.75 Å². The number of benzene rings is 1. The molecule has 4 heterocycles. The molecule has 0 unspecified atom stereocenters. The van der Waals surface area contributed by atoms with Gasteiger partial charge in [0.15, 0.2) is 5.82 Å². The fraction of sp³-hybridized carbons (Fsp3) is 0.360. The van der Waals surface area contributed by atoms with Crippen LogP contribution in [-0.2, 0) is 19.5 Å². The van der Waals surface area contributed by atoms with Crippen LogP contribution in [0.1, 0.15) is 41.9 Å². The van der Waals surface area contributed by atoms with Crippen LogP contribution >= 0.6 is 0 Å². The molecule has 33 heavy (non-hydrogen) atoms. The highest BCUT2D eigenvalue weighted by molar-refractivity contribution is 5.97. The maximum Gasteiger partial charge on any atom is 0.255 e. The Bertz CT molecular complexity index is 1250. The molecule has 0 saturated heterocycles. The lowest BCUT2D eigenvalue weighted by molar-refractivity contribution is 0.241. The van der Waals surface area contributed by atoms with Crippen molar-refractivity contribution in [2.75, 3.05) is 20.2 Å². The smallest absolute Gasteiger partial charge is 0.255 e. The van der Waals surface area contributed by atoms with Crippen molar-refractivity contribution in [3.05, 3.63) is 75.3 Å². The van der Waals surface area contributed by atoms with Crippen molar-refractivity contribution in [1.82, 2.24) is 19.9 Å². The number of rotatable bonds is 5. The van der Waals surface area contributed by atoms with Gasteiger partial charge < -0.3 is 9.72 Å². The van der Waals surface area contributed by atoms with Crippen molar-refractivity contribution in [2.24, 2.45) is 4.99 Å². The standard InChI is InChI=1S/C25H26FN5O2/c1-33-23-8-6-17(26)12-18(23)20-7-5-16(13-28-20)14-31-11-9-21-19(15-31)25(32)30-24(29-21)22-4-2-3-10-27-22/h5-8,12-13H,2-4,9-11,14-15H2,1H3,(H,29,30,32). The Morgan fingerprint density at radius 1 is 1.18 bits per heavy atom. The van der Waals surface area contributed by atoms with E-state index in [0.717, 1.165) is 61.3 Å². The van der Waals surface area contributed by atoms with Crippen molar-refractivity contribution < 1.29 is 9.13 Å². The Balaban J connectivity index is 1.31. The quantitative estimate of drug-likeness (QED) is 0.647. The number of H-pyrrole nitrogens is 1. The summed E-state index contributed by atoms with van der Waals surface area (Å²) in [5, 5.41) is 0. The molecule has 1 aromatic carbocycles. The number of nitrogens with one attached hydrogen (secondary N) is 1. The van der Waals surface area contributed by atoms with Gasteiger partial charge in [0.25, 0.3) is 5.56 Å². The molecule has 8 heteroatoms. The van der Waals surface area contributed by atoms with Gasteiger partial charge in [-0.25, -0.2) is 9.37 Å². The number of methoxy groups -OCH3 is 1. The fourth-order valence-corrected chi connectivity index (χ4v) is 4.46. The summed E-state index contributed by atoms with van der Waals surface area (Å²) >= 11 is 0. The molecule has 0 radical (unpaired) electrons. The van der Waals surface area contributed by atoms with E-state index in [2.05, 4.69) is 19.9 Å². The maximum absolute atomic E-state index is 13.7. The van der Waals surface area contributed by atoms with E-state index in [-0.39, 0.29) is 11.4 Å². The summed E-state index contributed by atoms with van der Waals surface area (Å²) in [5.74, 6) is 0.884. The van der Waals surface area contributed by atoms with Crippen molar-refractivity contribution >= 4 is 5.71 Å². The fourth-order valence-electron chi connectivity index (χ4n) is 4.46. The highest BCUT2D eigenvalue weighted by atomic mass is 19.1. The van der Waals surface area contributed by atoms with Crippen molar-refractivity contribution in [3.63, 3.8) is 0 Å². The Labute approximate surface area is 191 Å². The number of pyridine rings is 1. The summed E-state index contributed by atoms with van der Waals surface area (Å²) in [6, 6.07) is 8.25. The number of ether oxygens (including phenoxy) is 1. The van der Waals surface area contributed by atoms with Gasteiger partial charge in [-0.05, 0) is 49.1 Å². The molecule has 2 aliphatic heterocycles. The molecule has 0 aliphatic carbocycles. The molecule has 7 nitrogen and oxygen atoms in total. The van der Waals surface area contributed by atoms with Crippen LogP contribution in [0, 0.1) is 5.82 Å². The minimum Gasteiger partial charge on any atom is -0.496 e. The number of hydrogen-bond donors (Lipinski definition) is 1. The van der Waals surface area contributed by atoms with Gasteiger partial charge in [-0.2, -0.15) is 0 Å². The van der Waals surface area contributed by atoms with Gasteiger partial charge in [0.1, 0.15) is 11.6 Å². The van der Waals surface area contributed by atoms with Gasteiger partial charge in [0.2, 0.25) is 0 Å². The molecule has 0 fully saturated rings. The number of aliphatic imine (C=N–C) groups is 1. The zero-order chi connectivity index (χ0) is 22.8. The lowest BCUT2D eigenvalue weighted by Gasteiger charge is -2.27. The Morgan fingerprint density at radius 3 is 2.85 bits per heavy atom. The third-order valence-corrected chi connectivity index (χ3v) is 6.21. The second-order valence-electron chi connectivity index (χ2n) is 8.48. The van der Waals surface area contributed by atoms with Crippen molar-refractivity contribution in [2.45, 2.75) is 38.8 Å². The molecular formula is C25H26FN5O2. The molecule has 2 aliphatic rings. The molecule has 2 aromatic heterocycles. The van der Waals surface area contributed by atoms with Crippen LogP contribution in [0.15, 0.2) is 46.3 Å². The highest BCUT2D eigenvalue weighted by Gasteiger charge is 2.23. The van der Waals surface area contributed by atoms with Gasteiger partial charge in [-0.1, -0.05) is 6.07 Å².